The van der Waals surface area contributed by atoms with Gasteiger partial charge in [-0.15, -0.1) is 0 Å². The molecule has 2 aliphatic rings. The number of nitrogens with zero attached hydrogens (tertiary/aromatic N) is 3. The first kappa shape index (κ1) is 34.6. The van der Waals surface area contributed by atoms with Crippen molar-refractivity contribution >= 4 is 17.9 Å². The highest BCUT2D eigenvalue weighted by Crippen LogP contribution is 2.51. The van der Waals surface area contributed by atoms with Crippen LogP contribution < -0.4 is 9.64 Å². The predicted molar refractivity (Wildman–Crippen MR) is 171 cm³/mol. The Labute approximate surface area is 282 Å². The van der Waals surface area contributed by atoms with Crippen molar-refractivity contribution in [1.29, 1.82) is 0 Å². The van der Waals surface area contributed by atoms with Crippen LogP contribution in [-0.4, -0.2) is 54.3 Å². The Morgan fingerprint density at radius 2 is 1.56 bits per heavy atom. The van der Waals surface area contributed by atoms with Crippen molar-refractivity contribution in [3.8, 4) is 28.0 Å². The van der Waals surface area contributed by atoms with Gasteiger partial charge in [-0.1, -0.05) is 12.1 Å². The molecule has 1 amide bonds. The number of carbonyl (C=O) groups excluding carboxylic acids is 1. The summed E-state index contributed by atoms with van der Waals surface area (Å²) in [5, 5.41) is 9.43. The molecule has 2 fully saturated rings. The molecule has 2 aliphatic heterocycles. The number of benzene rings is 3. The molecule has 0 spiro atoms. The Balaban J connectivity index is 1.44. The lowest BCUT2D eigenvalue weighted by Gasteiger charge is -2.26. The summed E-state index contributed by atoms with van der Waals surface area (Å²) in [4.78, 5) is 33.0. The Kier molecular flexibility index (Phi) is 8.69. The summed E-state index contributed by atoms with van der Waals surface area (Å²) in [7, 11) is 5.05. The quantitative estimate of drug-likeness (QED) is 0.193. The van der Waals surface area contributed by atoms with Crippen molar-refractivity contribution < 1.29 is 50.5 Å². The van der Waals surface area contributed by atoms with Crippen LogP contribution in [0.15, 0.2) is 66.7 Å². The second kappa shape index (κ2) is 12.6. The fourth-order valence-corrected chi connectivity index (χ4v) is 6.75. The topological polar surface area (TPSA) is 92.2 Å². The van der Waals surface area contributed by atoms with E-state index in [9.17, 15) is 41.0 Å². The van der Waals surface area contributed by atoms with Gasteiger partial charge in [0.2, 0.25) is 0 Å². The maximum absolute atomic E-state index is 13.7. The Morgan fingerprint density at radius 3 is 2.14 bits per heavy atom. The van der Waals surface area contributed by atoms with E-state index in [0.29, 0.717) is 46.9 Å². The van der Waals surface area contributed by atoms with Crippen molar-refractivity contribution in [2.24, 2.45) is 0 Å². The minimum absolute atomic E-state index is 0.0436. The van der Waals surface area contributed by atoms with Crippen molar-refractivity contribution in [2.75, 3.05) is 26.1 Å². The van der Waals surface area contributed by atoms with Crippen LogP contribution in [0, 0.1) is 6.92 Å². The molecule has 262 valence electrons. The number of carbonyl (C=O) groups is 2. The zero-order valence-electron chi connectivity index (χ0n) is 27.2. The number of aromatic carboxylic acids is 1. The summed E-state index contributed by atoms with van der Waals surface area (Å²) in [6, 6.07) is 13.4. The van der Waals surface area contributed by atoms with Crippen LogP contribution in [0.1, 0.15) is 63.3 Å². The van der Waals surface area contributed by atoms with E-state index in [1.807, 2.05) is 18.2 Å². The third kappa shape index (κ3) is 6.29. The molecule has 14 heteroatoms. The van der Waals surface area contributed by atoms with Crippen LogP contribution in [0.25, 0.3) is 22.3 Å². The highest BCUT2D eigenvalue weighted by molar-refractivity contribution is 5.89. The summed E-state index contributed by atoms with van der Waals surface area (Å²) in [5.41, 5.74) is 0.591. The second-order valence-electron chi connectivity index (χ2n) is 12.5. The number of rotatable bonds is 7. The molecule has 50 heavy (non-hydrogen) atoms. The molecule has 0 unspecified atom stereocenters. The lowest BCUT2D eigenvalue weighted by molar-refractivity contribution is -0.143. The van der Waals surface area contributed by atoms with Crippen LogP contribution >= 0.6 is 0 Å². The molecule has 0 saturated carbocycles. The highest BCUT2D eigenvalue weighted by atomic mass is 19.4. The summed E-state index contributed by atoms with van der Waals surface area (Å²) >= 11 is 0. The van der Waals surface area contributed by atoms with E-state index in [4.69, 9.17) is 14.5 Å². The minimum Gasteiger partial charge on any atom is -0.496 e. The van der Waals surface area contributed by atoms with Gasteiger partial charge < -0.3 is 19.5 Å². The highest BCUT2D eigenvalue weighted by Gasteiger charge is 2.52. The van der Waals surface area contributed by atoms with Gasteiger partial charge in [-0.2, -0.15) is 26.3 Å². The fourth-order valence-electron chi connectivity index (χ4n) is 6.75. The van der Waals surface area contributed by atoms with E-state index in [1.54, 1.807) is 50.2 Å². The molecular formula is C36H31F6N3O5. The standard InChI is InChI=1S/C36H31F6N3O5/c1-18-13-20(33(46)47)5-7-24(18)19-6-11-29(49-4)26(16-19)25-8-12-30(44(2)3)43-31(25)27-9-10-28-32(50-34(48)45(27)28)21-14-22(35(37,38)39)17-23(15-21)36(40,41)42/h5-8,11-17,27-28,32H,9-10H2,1-4H3,(H,46,47)/t27-,28-,32+/m0/s1. The number of pyridine rings is 1. The number of aromatic nitrogens is 1. The van der Waals surface area contributed by atoms with Crippen LogP contribution in [0.3, 0.4) is 0 Å². The zero-order chi connectivity index (χ0) is 36.3. The molecule has 3 atom stereocenters. The monoisotopic (exact) mass is 699 g/mol. The van der Waals surface area contributed by atoms with E-state index in [0.717, 1.165) is 16.7 Å². The maximum atomic E-state index is 13.7. The number of carboxylic acid groups (broad SMARTS) is 1. The van der Waals surface area contributed by atoms with Crippen LogP contribution in [-0.2, 0) is 17.1 Å². The molecule has 8 nitrogen and oxygen atoms in total. The Bertz CT molecular complexity index is 1960. The van der Waals surface area contributed by atoms with E-state index in [1.165, 1.54) is 18.1 Å². The number of hydrogen-bond acceptors (Lipinski definition) is 6. The first-order valence-electron chi connectivity index (χ1n) is 15.5. The number of carboxylic acids is 1. The predicted octanol–water partition coefficient (Wildman–Crippen LogP) is 8.93. The molecule has 1 aromatic heterocycles. The molecule has 0 aliphatic carbocycles. The van der Waals surface area contributed by atoms with Crippen LogP contribution in [0.4, 0.5) is 37.0 Å². The molecule has 1 N–H and O–H groups in total. The average Bonchev–Trinajstić information content (AvgIpc) is 3.64. The molecule has 6 rings (SSSR count). The number of alkyl halides is 6. The van der Waals surface area contributed by atoms with Gasteiger partial charge in [0.05, 0.1) is 41.6 Å². The van der Waals surface area contributed by atoms with E-state index in [-0.39, 0.29) is 18.1 Å². The van der Waals surface area contributed by atoms with Gasteiger partial charge in [0.25, 0.3) is 0 Å². The van der Waals surface area contributed by atoms with Gasteiger partial charge in [0.15, 0.2) is 0 Å². The van der Waals surface area contributed by atoms with Gasteiger partial charge in [0.1, 0.15) is 17.7 Å². The lowest BCUT2D eigenvalue weighted by atomic mass is 9.92. The summed E-state index contributed by atoms with van der Waals surface area (Å²) in [6.07, 6.45) is -11.9. The van der Waals surface area contributed by atoms with Crippen molar-refractivity contribution in [1.82, 2.24) is 9.88 Å². The second-order valence-corrected chi connectivity index (χ2v) is 12.5. The molecule has 3 aromatic carbocycles. The number of hydrogen-bond donors (Lipinski definition) is 1. The molecule has 2 saturated heterocycles. The van der Waals surface area contributed by atoms with Crippen LogP contribution in [0.5, 0.6) is 5.75 Å². The first-order valence-corrected chi connectivity index (χ1v) is 15.5. The zero-order valence-corrected chi connectivity index (χ0v) is 27.2. The van der Waals surface area contributed by atoms with Crippen molar-refractivity contribution in [3.05, 3.63) is 100 Å². The molecule has 0 bridgehead atoms. The fraction of sp³-hybridized carbons (Fsp3) is 0.306. The van der Waals surface area contributed by atoms with Crippen molar-refractivity contribution in [3.63, 3.8) is 0 Å². The van der Waals surface area contributed by atoms with E-state index in [2.05, 4.69) is 0 Å². The average molecular weight is 700 g/mol. The molecule has 3 heterocycles. The molecule has 4 aromatic rings. The lowest BCUT2D eigenvalue weighted by Crippen LogP contribution is -2.31. The number of halogens is 6. The number of amides is 1. The number of ether oxygens (including phenoxy) is 2. The van der Waals surface area contributed by atoms with Gasteiger partial charge >= 0.3 is 24.4 Å². The SMILES string of the molecule is COc1ccc(-c2ccc(C(=O)O)cc2C)cc1-c1ccc(N(C)C)nc1[C@@H]1CC[C@H]2[C@@H](c3cc(C(F)(F)F)cc(C(F)(F)F)c3)OC(=O)N12. The van der Waals surface area contributed by atoms with Gasteiger partial charge in [0, 0.05) is 25.2 Å². The molecule has 0 radical (unpaired) electrons. The maximum Gasteiger partial charge on any atom is 0.416 e. The number of methoxy groups -OCH3 is 1. The third-order valence-electron chi connectivity index (χ3n) is 9.11. The number of aryl methyl sites for hydroxylation is 1. The van der Waals surface area contributed by atoms with Gasteiger partial charge in [-0.25, -0.2) is 14.6 Å². The van der Waals surface area contributed by atoms with Gasteiger partial charge in [-0.3, -0.25) is 4.90 Å². The Hall–Kier alpha value is -5.27. The largest absolute Gasteiger partial charge is 0.496 e. The third-order valence-corrected chi connectivity index (χ3v) is 9.11. The number of cyclic esters (lactones) is 1. The minimum atomic E-state index is -5.06. The van der Waals surface area contributed by atoms with E-state index >= 15 is 0 Å². The Morgan fingerprint density at radius 1 is 0.900 bits per heavy atom. The summed E-state index contributed by atoms with van der Waals surface area (Å²) in [6.45, 7) is 1.79. The summed E-state index contributed by atoms with van der Waals surface area (Å²) in [5.74, 6) is -0.0494. The van der Waals surface area contributed by atoms with Gasteiger partial charge in [-0.05, 0) is 96.6 Å². The summed E-state index contributed by atoms with van der Waals surface area (Å²) < 4.78 is 93.4. The van der Waals surface area contributed by atoms with Crippen LogP contribution in [0.2, 0.25) is 0 Å². The molecular weight excluding hydrogens is 668 g/mol. The smallest absolute Gasteiger partial charge is 0.416 e. The van der Waals surface area contributed by atoms with E-state index < -0.39 is 59.3 Å². The number of anilines is 1. The first-order chi connectivity index (χ1) is 23.5. The normalized spacial score (nSPS) is 19.0. The number of fused-ring (bicyclic) bond motifs is 1. The van der Waals surface area contributed by atoms with Crippen molar-refractivity contribution in [2.45, 2.75) is 50.3 Å².